The van der Waals surface area contributed by atoms with Gasteiger partial charge in [-0.2, -0.15) is 0 Å². The Morgan fingerprint density at radius 3 is 1.55 bits per heavy atom. The zero-order chi connectivity index (χ0) is 15.1. The Morgan fingerprint density at radius 2 is 1.05 bits per heavy atom. The van der Waals surface area contributed by atoms with Crippen LogP contribution in [0.25, 0.3) is 21.2 Å². The summed E-state index contributed by atoms with van der Waals surface area (Å²) in [6, 6.07) is 25.6. The molecule has 0 saturated carbocycles. The molecule has 1 aliphatic carbocycles. The van der Waals surface area contributed by atoms with Crippen LogP contribution in [0.5, 0.6) is 0 Å². The SMILES string of the molecule is BrC(=C1c2ccccc2-c2ccccc21)c1ccc(Br)cc1. The molecule has 2 heteroatoms. The molecule has 22 heavy (non-hydrogen) atoms. The topological polar surface area (TPSA) is 0 Å². The van der Waals surface area contributed by atoms with Gasteiger partial charge in [-0.3, -0.25) is 0 Å². The first-order valence-corrected chi connectivity index (χ1v) is 8.69. The molecule has 0 spiro atoms. The van der Waals surface area contributed by atoms with Crippen molar-refractivity contribution in [1.82, 2.24) is 0 Å². The first-order chi connectivity index (χ1) is 10.8. The monoisotopic (exact) mass is 410 g/mol. The van der Waals surface area contributed by atoms with Gasteiger partial charge in [0.1, 0.15) is 0 Å². The Balaban J connectivity index is 2.02. The predicted molar refractivity (Wildman–Crippen MR) is 101 cm³/mol. The standard InChI is InChI=1S/C20H12Br2/c21-14-11-9-13(10-12-14)20(22)19-17-7-3-1-5-15(17)16-6-2-4-8-18(16)19/h1-12H. The minimum atomic E-state index is 1.09. The van der Waals surface area contributed by atoms with Gasteiger partial charge in [-0.1, -0.05) is 76.6 Å². The molecule has 0 aliphatic heterocycles. The molecule has 0 amide bonds. The van der Waals surface area contributed by atoms with Crippen LogP contribution < -0.4 is 0 Å². The molecule has 0 aromatic heterocycles. The van der Waals surface area contributed by atoms with Crippen molar-refractivity contribution >= 4 is 41.9 Å². The number of fused-ring (bicyclic) bond motifs is 3. The Bertz CT molecular complexity index is 842. The lowest BCUT2D eigenvalue weighted by Gasteiger charge is -2.08. The molecule has 0 unspecified atom stereocenters. The highest BCUT2D eigenvalue weighted by molar-refractivity contribution is 9.15. The lowest BCUT2D eigenvalue weighted by molar-refractivity contribution is 1.60. The first kappa shape index (κ1) is 14.0. The molecule has 1 aliphatic rings. The van der Waals surface area contributed by atoms with Crippen LogP contribution in [0.3, 0.4) is 0 Å². The van der Waals surface area contributed by atoms with Crippen molar-refractivity contribution in [1.29, 1.82) is 0 Å². The maximum absolute atomic E-state index is 3.84. The van der Waals surface area contributed by atoms with E-state index in [2.05, 4.69) is 105 Å². The highest BCUT2D eigenvalue weighted by atomic mass is 79.9. The van der Waals surface area contributed by atoms with Gasteiger partial charge < -0.3 is 0 Å². The summed E-state index contributed by atoms with van der Waals surface area (Å²) >= 11 is 7.34. The van der Waals surface area contributed by atoms with E-state index in [4.69, 9.17) is 0 Å². The van der Waals surface area contributed by atoms with Gasteiger partial charge in [-0.05, 0) is 55.9 Å². The van der Waals surface area contributed by atoms with Gasteiger partial charge in [-0.15, -0.1) is 0 Å². The van der Waals surface area contributed by atoms with E-state index in [1.54, 1.807) is 0 Å². The van der Waals surface area contributed by atoms with Crippen molar-refractivity contribution in [3.63, 3.8) is 0 Å². The van der Waals surface area contributed by atoms with Crippen LogP contribution >= 0.6 is 31.9 Å². The highest BCUT2D eigenvalue weighted by Gasteiger charge is 2.25. The lowest BCUT2D eigenvalue weighted by atomic mass is 10.0. The lowest BCUT2D eigenvalue weighted by Crippen LogP contribution is -1.86. The molecular weight excluding hydrogens is 400 g/mol. The highest BCUT2D eigenvalue weighted by Crippen LogP contribution is 2.48. The van der Waals surface area contributed by atoms with E-state index < -0.39 is 0 Å². The minimum absolute atomic E-state index is 1.09. The second kappa shape index (κ2) is 5.53. The third-order valence-corrected chi connectivity index (χ3v) is 5.38. The van der Waals surface area contributed by atoms with E-state index in [0.29, 0.717) is 0 Å². The fraction of sp³-hybridized carbons (Fsp3) is 0. The summed E-state index contributed by atoms with van der Waals surface area (Å²) in [5.41, 5.74) is 7.65. The van der Waals surface area contributed by atoms with Crippen LogP contribution in [0.2, 0.25) is 0 Å². The fourth-order valence-corrected chi connectivity index (χ4v) is 3.95. The Kier molecular flexibility index (Phi) is 3.51. The van der Waals surface area contributed by atoms with Gasteiger partial charge in [0.05, 0.1) is 0 Å². The molecule has 0 bridgehead atoms. The third kappa shape index (κ3) is 2.18. The molecule has 0 saturated heterocycles. The molecule has 3 aromatic rings. The van der Waals surface area contributed by atoms with Crippen LogP contribution in [-0.4, -0.2) is 0 Å². The van der Waals surface area contributed by atoms with Crippen LogP contribution in [0, 0.1) is 0 Å². The molecular formula is C20H12Br2. The molecule has 0 radical (unpaired) electrons. The molecule has 3 aromatic carbocycles. The third-order valence-electron chi connectivity index (χ3n) is 4.00. The van der Waals surface area contributed by atoms with Gasteiger partial charge in [0, 0.05) is 14.5 Å². The van der Waals surface area contributed by atoms with Gasteiger partial charge in [0.15, 0.2) is 0 Å². The predicted octanol–water partition coefficient (Wildman–Crippen LogP) is 6.74. The number of rotatable bonds is 1. The summed E-state index contributed by atoms with van der Waals surface area (Å²) < 4.78 is 2.23. The molecule has 0 nitrogen and oxygen atoms in total. The largest absolute Gasteiger partial charge is 0.0616 e. The Hall–Kier alpha value is -1.64. The van der Waals surface area contributed by atoms with Crippen molar-refractivity contribution < 1.29 is 0 Å². The minimum Gasteiger partial charge on any atom is -0.0616 e. The van der Waals surface area contributed by atoms with E-state index in [0.717, 1.165) is 8.96 Å². The van der Waals surface area contributed by atoms with Crippen molar-refractivity contribution in [2.45, 2.75) is 0 Å². The number of benzene rings is 3. The summed E-state index contributed by atoms with van der Waals surface area (Å²) in [4.78, 5) is 0. The number of hydrogen-bond donors (Lipinski definition) is 0. The average molecular weight is 412 g/mol. The van der Waals surface area contributed by atoms with Crippen LogP contribution in [0.15, 0.2) is 77.3 Å². The molecule has 4 rings (SSSR count). The Labute approximate surface area is 146 Å². The number of hydrogen-bond acceptors (Lipinski definition) is 0. The second-order valence-corrected chi connectivity index (χ2v) is 7.00. The van der Waals surface area contributed by atoms with Gasteiger partial charge >= 0.3 is 0 Å². The summed E-state index contributed by atoms with van der Waals surface area (Å²) in [6.45, 7) is 0. The molecule has 0 N–H and O–H groups in total. The number of halogens is 2. The van der Waals surface area contributed by atoms with E-state index in [1.165, 1.54) is 33.4 Å². The smallest absolute Gasteiger partial charge is 0.0332 e. The first-order valence-electron chi connectivity index (χ1n) is 7.10. The maximum atomic E-state index is 3.84. The molecule has 0 fully saturated rings. The van der Waals surface area contributed by atoms with Crippen LogP contribution in [0.1, 0.15) is 16.7 Å². The van der Waals surface area contributed by atoms with Gasteiger partial charge in [-0.25, -0.2) is 0 Å². The average Bonchev–Trinajstić information content (AvgIpc) is 2.89. The maximum Gasteiger partial charge on any atom is 0.0332 e. The van der Waals surface area contributed by atoms with Crippen molar-refractivity contribution in [3.8, 4) is 11.1 Å². The fourth-order valence-electron chi connectivity index (χ4n) is 2.99. The van der Waals surface area contributed by atoms with E-state index in [1.807, 2.05) is 0 Å². The van der Waals surface area contributed by atoms with Crippen LogP contribution in [-0.2, 0) is 0 Å². The molecule has 0 heterocycles. The Morgan fingerprint density at radius 1 is 0.591 bits per heavy atom. The van der Waals surface area contributed by atoms with Gasteiger partial charge in [0.25, 0.3) is 0 Å². The van der Waals surface area contributed by atoms with E-state index in [9.17, 15) is 0 Å². The summed E-state index contributed by atoms with van der Waals surface area (Å²) in [6.07, 6.45) is 0. The second-order valence-electron chi connectivity index (χ2n) is 5.29. The molecule has 0 atom stereocenters. The normalized spacial score (nSPS) is 12.0. The van der Waals surface area contributed by atoms with Crippen molar-refractivity contribution in [2.24, 2.45) is 0 Å². The summed E-state index contributed by atoms with van der Waals surface area (Å²) in [7, 11) is 0. The quantitative estimate of drug-likeness (QED) is 0.325. The van der Waals surface area contributed by atoms with Crippen molar-refractivity contribution in [2.75, 3.05) is 0 Å². The molecule has 106 valence electrons. The van der Waals surface area contributed by atoms with Crippen molar-refractivity contribution in [3.05, 3.63) is 94.0 Å². The van der Waals surface area contributed by atoms with Crippen LogP contribution in [0.4, 0.5) is 0 Å². The van der Waals surface area contributed by atoms with Gasteiger partial charge in [0.2, 0.25) is 0 Å². The van der Waals surface area contributed by atoms with E-state index in [-0.39, 0.29) is 0 Å². The summed E-state index contributed by atoms with van der Waals surface area (Å²) in [5, 5.41) is 0. The van der Waals surface area contributed by atoms with E-state index >= 15 is 0 Å². The zero-order valence-electron chi connectivity index (χ0n) is 11.7. The summed E-state index contributed by atoms with van der Waals surface area (Å²) in [5.74, 6) is 0. The zero-order valence-corrected chi connectivity index (χ0v) is 14.9.